The Hall–Kier alpha value is -3.36. The van der Waals surface area contributed by atoms with Crippen LogP contribution in [0.3, 0.4) is 0 Å². The first kappa shape index (κ1) is 22.4. The molecule has 1 amide bonds. The molecule has 8 heteroatoms. The number of aliphatic hydroxyl groups is 1. The summed E-state index contributed by atoms with van der Waals surface area (Å²) in [4.78, 5) is 30.2. The zero-order valence-electron chi connectivity index (χ0n) is 18.9. The van der Waals surface area contributed by atoms with Crippen LogP contribution in [0.2, 0.25) is 0 Å². The lowest BCUT2D eigenvalue weighted by molar-refractivity contribution is -0.140. The second kappa shape index (κ2) is 9.87. The van der Waals surface area contributed by atoms with Gasteiger partial charge in [-0.05, 0) is 30.2 Å². The van der Waals surface area contributed by atoms with Crippen LogP contribution in [0.1, 0.15) is 23.6 Å². The third-order valence-corrected chi connectivity index (χ3v) is 6.45. The summed E-state index contributed by atoms with van der Waals surface area (Å²) in [5.41, 5.74) is 1.29. The van der Waals surface area contributed by atoms with Crippen molar-refractivity contribution in [3.8, 4) is 11.5 Å². The molecule has 0 unspecified atom stereocenters. The standard InChI is InChI=1S/C26H28N2O6/c29-24(19-7-8-20-21(17-19)34-16-15-33-20)22-23(18-5-2-1-3-6-18)28(26(31)25(22)30)10-4-9-27-11-13-32-14-12-27/h1-3,5-8,17,23,29H,4,9-16H2/b24-22+/t23-/m1/s1. The molecule has 1 atom stereocenters. The van der Waals surface area contributed by atoms with Crippen molar-refractivity contribution in [2.75, 3.05) is 52.6 Å². The smallest absolute Gasteiger partial charge is 0.295 e. The third kappa shape index (κ3) is 4.38. The minimum absolute atomic E-state index is 0.0965. The van der Waals surface area contributed by atoms with Gasteiger partial charge in [0.15, 0.2) is 11.5 Å². The molecule has 8 nitrogen and oxygen atoms in total. The van der Waals surface area contributed by atoms with E-state index in [1.807, 2.05) is 30.3 Å². The van der Waals surface area contributed by atoms with Gasteiger partial charge in [0.05, 0.1) is 24.8 Å². The summed E-state index contributed by atoms with van der Waals surface area (Å²) in [5.74, 6) is -0.375. The number of carbonyl (C=O) groups is 2. The van der Waals surface area contributed by atoms with Crippen LogP contribution in [0, 0.1) is 0 Å². The van der Waals surface area contributed by atoms with Crippen molar-refractivity contribution >= 4 is 17.4 Å². The monoisotopic (exact) mass is 464 g/mol. The number of rotatable bonds is 6. The zero-order valence-corrected chi connectivity index (χ0v) is 18.9. The van der Waals surface area contributed by atoms with Crippen molar-refractivity contribution in [1.82, 2.24) is 9.80 Å². The van der Waals surface area contributed by atoms with Gasteiger partial charge >= 0.3 is 0 Å². The number of carbonyl (C=O) groups excluding carboxylic acids is 2. The van der Waals surface area contributed by atoms with Gasteiger partial charge in [-0.25, -0.2) is 0 Å². The first-order chi connectivity index (χ1) is 16.6. The van der Waals surface area contributed by atoms with Crippen molar-refractivity contribution in [3.63, 3.8) is 0 Å². The fourth-order valence-electron chi connectivity index (χ4n) is 4.73. The molecule has 0 bridgehead atoms. The molecular formula is C26H28N2O6. The first-order valence-corrected chi connectivity index (χ1v) is 11.7. The molecular weight excluding hydrogens is 436 g/mol. The topological polar surface area (TPSA) is 88.5 Å². The highest BCUT2D eigenvalue weighted by molar-refractivity contribution is 6.46. The van der Waals surface area contributed by atoms with Crippen molar-refractivity contribution in [1.29, 1.82) is 0 Å². The van der Waals surface area contributed by atoms with E-state index in [0.717, 1.165) is 31.6 Å². The Morgan fingerprint density at radius 2 is 1.65 bits per heavy atom. The number of nitrogens with zero attached hydrogens (tertiary/aromatic N) is 2. The Morgan fingerprint density at radius 3 is 2.41 bits per heavy atom. The van der Waals surface area contributed by atoms with Gasteiger partial charge in [0.25, 0.3) is 11.7 Å². The lowest BCUT2D eigenvalue weighted by atomic mass is 9.95. The molecule has 3 heterocycles. The SMILES string of the molecule is O=C1C(=O)N(CCCN2CCOCC2)[C@H](c2ccccc2)/C1=C(\O)c1ccc2c(c1)OCCO2. The number of Topliss-reactive ketones (excluding diaryl/α,β-unsaturated/α-hetero) is 1. The van der Waals surface area contributed by atoms with Crippen LogP contribution < -0.4 is 9.47 Å². The first-order valence-electron chi connectivity index (χ1n) is 11.7. The van der Waals surface area contributed by atoms with Crippen LogP contribution in [-0.2, 0) is 14.3 Å². The quantitative estimate of drug-likeness (QED) is 0.399. The fraction of sp³-hybridized carbons (Fsp3) is 0.385. The molecule has 2 saturated heterocycles. The van der Waals surface area contributed by atoms with E-state index in [2.05, 4.69) is 4.90 Å². The molecule has 0 aromatic heterocycles. The molecule has 2 fully saturated rings. The predicted molar refractivity (Wildman–Crippen MR) is 125 cm³/mol. The van der Waals surface area contributed by atoms with Crippen LogP contribution in [0.5, 0.6) is 11.5 Å². The van der Waals surface area contributed by atoms with E-state index in [9.17, 15) is 14.7 Å². The highest BCUT2D eigenvalue weighted by atomic mass is 16.6. The highest BCUT2D eigenvalue weighted by Gasteiger charge is 2.45. The lowest BCUT2D eigenvalue weighted by Crippen LogP contribution is -2.38. The number of ether oxygens (including phenoxy) is 3. The Kier molecular flexibility index (Phi) is 6.51. The van der Waals surface area contributed by atoms with E-state index in [4.69, 9.17) is 14.2 Å². The van der Waals surface area contributed by atoms with Gasteiger partial charge in [-0.1, -0.05) is 30.3 Å². The summed E-state index contributed by atoms with van der Waals surface area (Å²) >= 11 is 0. The van der Waals surface area contributed by atoms with Gasteiger partial charge in [-0.15, -0.1) is 0 Å². The second-order valence-electron chi connectivity index (χ2n) is 8.57. The molecule has 2 aromatic carbocycles. The van der Waals surface area contributed by atoms with Crippen molar-refractivity contribution < 1.29 is 28.9 Å². The summed E-state index contributed by atoms with van der Waals surface area (Å²) in [6.07, 6.45) is 0.723. The van der Waals surface area contributed by atoms with E-state index in [0.29, 0.717) is 50.0 Å². The second-order valence-corrected chi connectivity index (χ2v) is 8.57. The van der Waals surface area contributed by atoms with Crippen molar-refractivity contribution in [2.45, 2.75) is 12.5 Å². The molecule has 178 valence electrons. The Morgan fingerprint density at radius 1 is 0.912 bits per heavy atom. The number of amides is 1. The number of aliphatic hydroxyl groups excluding tert-OH is 1. The normalized spacial score (nSPS) is 22.2. The molecule has 3 aliphatic rings. The number of fused-ring (bicyclic) bond motifs is 1. The molecule has 0 radical (unpaired) electrons. The largest absolute Gasteiger partial charge is 0.507 e. The van der Waals surface area contributed by atoms with E-state index >= 15 is 0 Å². The van der Waals surface area contributed by atoms with Crippen molar-refractivity contribution in [2.24, 2.45) is 0 Å². The molecule has 0 spiro atoms. The van der Waals surface area contributed by atoms with Crippen LogP contribution >= 0.6 is 0 Å². The maximum atomic E-state index is 13.2. The summed E-state index contributed by atoms with van der Waals surface area (Å²) in [6, 6.07) is 13.8. The molecule has 2 aromatic rings. The molecule has 34 heavy (non-hydrogen) atoms. The van der Waals surface area contributed by atoms with Crippen LogP contribution in [0.15, 0.2) is 54.1 Å². The summed E-state index contributed by atoms with van der Waals surface area (Å²) < 4.78 is 16.6. The van der Waals surface area contributed by atoms with Gasteiger partial charge in [0.1, 0.15) is 19.0 Å². The molecule has 1 N–H and O–H groups in total. The van der Waals surface area contributed by atoms with E-state index in [1.54, 1.807) is 23.1 Å². The number of hydrogen-bond acceptors (Lipinski definition) is 7. The molecule has 5 rings (SSSR count). The number of likely N-dealkylation sites (tertiary alicyclic amines) is 1. The highest BCUT2D eigenvalue weighted by Crippen LogP contribution is 2.41. The van der Waals surface area contributed by atoms with Crippen LogP contribution in [-0.4, -0.2) is 79.2 Å². The van der Waals surface area contributed by atoms with E-state index in [1.165, 1.54) is 0 Å². The Bertz CT molecular complexity index is 1090. The molecule has 0 aliphatic carbocycles. The average Bonchev–Trinajstić information content (AvgIpc) is 3.14. The number of hydrogen-bond donors (Lipinski definition) is 1. The van der Waals surface area contributed by atoms with E-state index < -0.39 is 17.7 Å². The van der Waals surface area contributed by atoms with Gasteiger partial charge in [0.2, 0.25) is 0 Å². The summed E-state index contributed by atoms with van der Waals surface area (Å²) in [6.45, 7) is 5.26. The van der Waals surface area contributed by atoms with E-state index in [-0.39, 0.29) is 11.3 Å². The average molecular weight is 465 g/mol. The lowest BCUT2D eigenvalue weighted by Gasteiger charge is -2.29. The molecule has 0 saturated carbocycles. The number of morpholine rings is 1. The summed E-state index contributed by atoms with van der Waals surface area (Å²) in [5, 5.41) is 11.3. The minimum Gasteiger partial charge on any atom is -0.507 e. The zero-order chi connectivity index (χ0) is 23.5. The van der Waals surface area contributed by atoms with Gasteiger partial charge in [0, 0.05) is 31.7 Å². The fourth-order valence-corrected chi connectivity index (χ4v) is 4.73. The number of benzene rings is 2. The van der Waals surface area contributed by atoms with Crippen LogP contribution in [0.25, 0.3) is 5.76 Å². The van der Waals surface area contributed by atoms with Gasteiger partial charge < -0.3 is 24.2 Å². The summed E-state index contributed by atoms with van der Waals surface area (Å²) in [7, 11) is 0. The van der Waals surface area contributed by atoms with Crippen molar-refractivity contribution in [3.05, 3.63) is 65.2 Å². The number of ketones is 1. The minimum atomic E-state index is -0.674. The maximum absolute atomic E-state index is 13.2. The predicted octanol–water partition coefficient (Wildman–Crippen LogP) is 2.60. The maximum Gasteiger partial charge on any atom is 0.295 e. The van der Waals surface area contributed by atoms with Gasteiger partial charge in [-0.3, -0.25) is 14.5 Å². The molecule has 3 aliphatic heterocycles. The van der Waals surface area contributed by atoms with Crippen LogP contribution in [0.4, 0.5) is 0 Å². The Balaban J connectivity index is 1.46. The van der Waals surface area contributed by atoms with Gasteiger partial charge in [-0.2, -0.15) is 0 Å². The Labute approximate surface area is 198 Å². The third-order valence-electron chi connectivity index (χ3n) is 6.45.